The topological polar surface area (TPSA) is 93.2 Å². The predicted octanol–water partition coefficient (Wildman–Crippen LogP) is 2.70. The molecule has 1 heterocycles. The number of fused-ring (bicyclic) bond motifs is 1. The number of carbonyl (C=O) groups is 1. The molecule has 1 aromatic carbocycles. The van der Waals surface area contributed by atoms with Crippen LogP contribution < -0.4 is 20.7 Å². The van der Waals surface area contributed by atoms with E-state index in [-0.39, 0.29) is 12.6 Å². The van der Waals surface area contributed by atoms with Crippen LogP contribution in [0.1, 0.15) is 45.7 Å². The van der Waals surface area contributed by atoms with Gasteiger partial charge < -0.3 is 30.2 Å². The van der Waals surface area contributed by atoms with Gasteiger partial charge in [0.25, 0.3) is 0 Å². The fourth-order valence-electron chi connectivity index (χ4n) is 2.91. The van der Waals surface area contributed by atoms with Crippen LogP contribution in [0.15, 0.2) is 17.1 Å². The maximum Gasteiger partial charge on any atom is 0.408 e. The molecule has 1 amide bonds. The molecule has 0 spiro atoms. The predicted molar refractivity (Wildman–Crippen MR) is 113 cm³/mol. The normalized spacial score (nSPS) is 14.4. The van der Waals surface area contributed by atoms with Gasteiger partial charge in [0.2, 0.25) is 0 Å². The zero-order chi connectivity index (χ0) is 22.4. The standard InChI is InChI=1S/C21H33FN4O4/c1-20(2,3)30-19(27)26-21(4,5)12-25-18(23-6)24-8-7-14-9-16(22)10-15-11-28-13-29-17(14)15/h9-10H,7-8,11-13H2,1-6H3,(H,26,27)(H2,23,24,25). The molecular weight excluding hydrogens is 391 g/mol. The molecule has 8 nitrogen and oxygen atoms in total. The van der Waals surface area contributed by atoms with Gasteiger partial charge in [0.05, 0.1) is 12.1 Å². The van der Waals surface area contributed by atoms with Crippen molar-refractivity contribution in [2.45, 2.75) is 58.8 Å². The SMILES string of the molecule is CN=C(NCCc1cc(F)cc2c1OCOC2)NCC(C)(C)NC(=O)OC(C)(C)C. The second kappa shape index (κ2) is 9.97. The first-order valence-electron chi connectivity index (χ1n) is 9.96. The van der Waals surface area contributed by atoms with Crippen molar-refractivity contribution < 1.29 is 23.4 Å². The Balaban J connectivity index is 1.84. The first kappa shape index (κ1) is 23.7. The lowest BCUT2D eigenvalue weighted by Crippen LogP contribution is -2.54. The molecule has 0 saturated carbocycles. The summed E-state index contributed by atoms with van der Waals surface area (Å²) >= 11 is 0. The fraction of sp³-hybridized carbons (Fsp3) is 0.619. The van der Waals surface area contributed by atoms with E-state index in [1.165, 1.54) is 12.1 Å². The number of aliphatic imine (C=N–C) groups is 1. The highest BCUT2D eigenvalue weighted by molar-refractivity contribution is 5.79. The van der Waals surface area contributed by atoms with Gasteiger partial charge in [-0.15, -0.1) is 0 Å². The molecule has 9 heteroatoms. The van der Waals surface area contributed by atoms with Crippen molar-refractivity contribution in [1.29, 1.82) is 0 Å². The van der Waals surface area contributed by atoms with Crippen LogP contribution in [-0.2, 0) is 22.5 Å². The Morgan fingerprint density at radius 3 is 2.63 bits per heavy atom. The van der Waals surface area contributed by atoms with Crippen molar-refractivity contribution in [3.63, 3.8) is 0 Å². The van der Waals surface area contributed by atoms with E-state index in [1.807, 2.05) is 34.6 Å². The van der Waals surface area contributed by atoms with Gasteiger partial charge in [-0.3, -0.25) is 4.99 Å². The lowest BCUT2D eigenvalue weighted by molar-refractivity contribution is -0.0172. The summed E-state index contributed by atoms with van der Waals surface area (Å²) < 4.78 is 29.9. The Kier molecular flexibility index (Phi) is 7.89. The molecule has 0 saturated heterocycles. The van der Waals surface area contributed by atoms with E-state index in [9.17, 15) is 9.18 Å². The highest BCUT2D eigenvalue weighted by atomic mass is 19.1. The molecule has 1 aromatic rings. The summed E-state index contributed by atoms with van der Waals surface area (Å²) in [7, 11) is 1.66. The Hall–Kier alpha value is -2.55. The van der Waals surface area contributed by atoms with Crippen molar-refractivity contribution in [2.24, 2.45) is 4.99 Å². The average molecular weight is 425 g/mol. The first-order chi connectivity index (χ1) is 14.0. The minimum Gasteiger partial charge on any atom is -0.467 e. The molecule has 2 rings (SSSR count). The van der Waals surface area contributed by atoms with Crippen LogP contribution in [0.25, 0.3) is 0 Å². The van der Waals surface area contributed by atoms with Gasteiger partial charge in [-0.25, -0.2) is 9.18 Å². The lowest BCUT2D eigenvalue weighted by atomic mass is 10.1. The summed E-state index contributed by atoms with van der Waals surface area (Å²) in [5.41, 5.74) is 0.379. The van der Waals surface area contributed by atoms with E-state index in [0.29, 0.717) is 43.4 Å². The first-order valence-corrected chi connectivity index (χ1v) is 9.96. The van der Waals surface area contributed by atoms with Gasteiger partial charge in [0.15, 0.2) is 12.8 Å². The van der Waals surface area contributed by atoms with E-state index in [1.54, 1.807) is 7.05 Å². The quantitative estimate of drug-likeness (QED) is 0.480. The van der Waals surface area contributed by atoms with Crippen molar-refractivity contribution in [3.8, 4) is 5.75 Å². The molecule has 0 aromatic heterocycles. The lowest BCUT2D eigenvalue weighted by Gasteiger charge is -2.29. The van der Waals surface area contributed by atoms with Crippen LogP contribution in [0.3, 0.4) is 0 Å². The second-order valence-electron chi connectivity index (χ2n) is 8.78. The number of rotatable bonds is 6. The summed E-state index contributed by atoms with van der Waals surface area (Å²) in [6.45, 7) is 10.7. The van der Waals surface area contributed by atoms with E-state index in [4.69, 9.17) is 14.2 Å². The van der Waals surface area contributed by atoms with E-state index in [2.05, 4.69) is 20.9 Å². The third-order valence-electron chi connectivity index (χ3n) is 4.20. The number of halogens is 1. The van der Waals surface area contributed by atoms with Crippen LogP contribution >= 0.6 is 0 Å². The van der Waals surface area contributed by atoms with E-state index in [0.717, 1.165) is 5.56 Å². The van der Waals surface area contributed by atoms with Crippen molar-refractivity contribution in [2.75, 3.05) is 26.9 Å². The van der Waals surface area contributed by atoms with Gasteiger partial charge in [0, 0.05) is 25.7 Å². The molecule has 0 unspecified atom stereocenters. The zero-order valence-electron chi connectivity index (χ0n) is 18.6. The molecule has 0 radical (unpaired) electrons. The Morgan fingerprint density at radius 1 is 1.23 bits per heavy atom. The highest BCUT2D eigenvalue weighted by Crippen LogP contribution is 2.29. The van der Waals surface area contributed by atoms with Gasteiger partial charge in [-0.05, 0) is 58.7 Å². The Labute approximate surface area is 177 Å². The minimum absolute atomic E-state index is 0.169. The Bertz CT molecular complexity index is 775. The smallest absolute Gasteiger partial charge is 0.408 e. The summed E-state index contributed by atoms with van der Waals surface area (Å²) in [5, 5.41) is 9.21. The van der Waals surface area contributed by atoms with Gasteiger partial charge in [-0.1, -0.05) is 0 Å². The van der Waals surface area contributed by atoms with Crippen molar-refractivity contribution >= 4 is 12.1 Å². The number of benzene rings is 1. The van der Waals surface area contributed by atoms with Crippen LogP contribution in [-0.4, -0.2) is 50.1 Å². The minimum atomic E-state index is -0.560. The number of guanidine groups is 1. The summed E-state index contributed by atoms with van der Waals surface area (Å²) in [4.78, 5) is 16.2. The molecule has 1 aliphatic heterocycles. The largest absolute Gasteiger partial charge is 0.467 e. The fourth-order valence-corrected chi connectivity index (χ4v) is 2.91. The number of nitrogens with one attached hydrogen (secondary N) is 3. The summed E-state index contributed by atoms with van der Waals surface area (Å²) in [6, 6.07) is 2.92. The van der Waals surface area contributed by atoms with E-state index < -0.39 is 17.2 Å². The molecule has 30 heavy (non-hydrogen) atoms. The number of nitrogens with zero attached hydrogens (tertiary/aromatic N) is 1. The van der Waals surface area contributed by atoms with Crippen LogP contribution in [0.5, 0.6) is 5.75 Å². The molecule has 0 fully saturated rings. The van der Waals surface area contributed by atoms with Crippen LogP contribution in [0.4, 0.5) is 9.18 Å². The number of carbonyl (C=O) groups excluding carboxylic acids is 1. The van der Waals surface area contributed by atoms with Crippen molar-refractivity contribution in [3.05, 3.63) is 29.1 Å². The number of alkyl carbamates (subject to hydrolysis) is 1. The molecular formula is C21H33FN4O4. The number of hydrogen-bond donors (Lipinski definition) is 3. The van der Waals surface area contributed by atoms with Crippen molar-refractivity contribution in [1.82, 2.24) is 16.0 Å². The highest BCUT2D eigenvalue weighted by Gasteiger charge is 2.25. The maximum atomic E-state index is 13.9. The molecule has 1 aliphatic rings. The van der Waals surface area contributed by atoms with Crippen LogP contribution in [0.2, 0.25) is 0 Å². The zero-order valence-corrected chi connectivity index (χ0v) is 18.6. The summed E-state index contributed by atoms with van der Waals surface area (Å²) in [5.74, 6) is 0.953. The number of amides is 1. The van der Waals surface area contributed by atoms with Crippen LogP contribution in [0, 0.1) is 5.82 Å². The Morgan fingerprint density at radius 2 is 1.97 bits per heavy atom. The third-order valence-corrected chi connectivity index (χ3v) is 4.20. The molecule has 0 bridgehead atoms. The van der Waals surface area contributed by atoms with E-state index >= 15 is 0 Å². The number of ether oxygens (including phenoxy) is 3. The van der Waals surface area contributed by atoms with Gasteiger partial charge >= 0.3 is 6.09 Å². The summed E-state index contributed by atoms with van der Waals surface area (Å²) in [6.07, 6.45) is 0.0810. The molecule has 0 aliphatic carbocycles. The third kappa shape index (κ3) is 7.70. The monoisotopic (exact) mass is 424 g/mol. The molecule has 3 N–H and O–H groups in total. The number of hydrogen-bond acceptors (Lipinski definition) is 5. The molecule has 168 valence electrons. The maximum absolute atomic E-state index is 13.9. The van der Waals surface area contributed by atoms with Gasteiger partial charge in [-0.2, -0.15) is 0 Å². The average Bonchev–Trinajstić information content (AvgIpc) is 2.62. The molecule has 0 atom stereocenters. The van der Waals surface area contributed by atoms with Gasteiger partial charge in [0.1, 0.15) is 17.2 Å². The second-order valence-corrected chi connectivity index (χ2v) is 8.78.